The number of aryl methyl sites for hydroxylation is 1. The maximum absolute atomic E-state index is 12.7. The van der Waals surface area contributed by atoms with Gasteiger partial charge >= 0.3 is 6.18 Å². The second kappa shape index (κ2) is 5.88. The zero-order valence-electron chi connectivity index (χ0n) is 11.1. The Balaban J connectivity index is 2.39. The fourth-order valence-electron chi connectivity index (χ4n) is 1.53. The molecule has 0 aliphatic carbocycles. The molecular weight excluding hydrogens is 351 g/mol. The third kappa shape index (κ3) is 3.84. The Morgan fingerprint density at radius 3 is 2.48 bits per heavy atom. The Kier molecular flexibility index (Phi) is 4.36. The van der Waals surface area contributed by atoms with Crippen LogP contribution in [-0.2, 0) is 6.18 Å². The van der Waals surface area contributed by atoms with Crippen molar-refractivity contribution in [2.24, 2.45) is 0 Å². The molecule has 112 valence electrons. The number of nitrogens with one attached hydrogen (secondary N) is 1. The van der Waals surface area contributed by atoms with Crippen LogP contribution >= 0.6 is 15.9 Å². The van der Waals surface area contributed by atoms with Crippen LogP contribution in [0, 0.1) is 6.92 Å². The fourth-order valence-corrected chi connectivity index (χ4v) is 2.11. The van der Waals surface area contributed by atoms with Crippen LogP contribution in [0.4, 0.5) is 19.0 Å². The number of hydrogen-bond acceptors (Lipinski definition) is 4. The lowest BCUT2D eigenvalue weighted by Crippen LogP contribution is -2.12. The van der Waals surface area contributed by atoms with Crippen LogP contribution in [0.15, 0.2) is 28.7 Å². The zero-order valence-corrected chi connectivity index (χ0v) is 12.7. The Bertz CT molecular complexity index is 662. The molecule has 1 aromatic heterocycles. The topological polar surface area (TPSA) is 47.0 Å². The summed E-state index contributed by atoms with van der Waals surface area (Å²) in [6.45, 7) is 1.89. The summed E-state index contributed by atoms with van der Waals surface area (Å²) in [5, 5.41) is 2.55. The lowest BCUT2D eigenvalue weighted by molar-refractivity contribution is -0.145. The molecule has 0 saturated heterocycles. The minimum absolute atomic E-state index is 0.0237. The largest absolute Gasteiger partial charge is 0.451 e. The molecular formula is C13H11BrF3N3O. The second-order valence-corrected chi connectivity index (χ2v) is 5.05. The summed E-state index contributed by atoms with van der Waals surface area (Å²) < 4.78 is 44.2. The molecule has 1 heterocycles. The molecule has 21 heavy (non-hydrogen) atoms. The van der Waals surface area contributed by atoms with Crippen molar-refractivity contribution in [3.05, 3.63) is 40.1 Å². The van der Waals surface area contributed by atoms with E-state index in [-0.39, 0.29) is 11.7 Å². The van der Waals surface area contributed by atoms with E-state index in [2.05, 4.69) is 31.2 Å². The van der Waals surface area contributed by atoms with Crippen molar-refractivity contribution in [3.8, 4) is 11.6 Å². The standard InChI is InChI=1S/C13H11BrF3N3O/c1-7-3-4-9(8(14)5-7)21-11-6-10(18-2)19-12(20-11)13(15,16)17/h3-6H,1-2H3,(H,18,19,20). The van der Waals surface area contributed by atoms with Gasteiger partial charge in [0.2, 0.25) is 11.7 Å². The normalized spacial score (nSPS) is 11.3. The van der Waals surface area contributed by atoms with Crippen molar-refractivity contribution in [3.63, 3.8) is 0 Å². The summed E-state index contributed by atoms with van der Waals surface area (Å²) in [5.74, 6) is -1.05. The van der Waals surface area contributed by atoms with Gasteiger partial charge in [-0.3, -0.25) is 0 Å². The number of hydrogen-bond donors (Lipinski definition) is 1. The number of nitrogens with zero attached hydrogens (tertiary/aromatic N) is 2. The van der Waals surface area contributed by atoms with E-state index in [4.69, 9.17) is 4.74 Å². The average Bonchev–Trinajstić information content (AvgIpc) is 2.40. The third-order valence-corrected chi connectivity index (χ3v) is 3.13. The van der Waals surface area contributed by atoms with E-state index in [1.807, 2.05) is 6.92 Å². The smallest absolute Gasteiger partial charge is 0.438 e. The van der Waals surface area contributed by atoms with Crippen LogP contribution in [0.25, 0.3) is 0 Å². The van der Waals surface area contributed by atoms with Gasteiger partial charge in [0.15, 0.2) is 0 Å². The van der Waals surface area contributed by atoms with Crippen molar-refractivity contribution < 1.29 is 17.9 Å². The molecule has 2 rings (SSSR count). The van der Waals surface area contributed by atoms with Crippen LogP contribution in [0.2, 0.25) is 0 Å². The number of rotatable bonds is 3. The van der Waals surface area contributed by atoms with Crippen LogP contribution in [0.1, 0.15) is 11.4 Å². The molecule has 0 aliphatic rings. The van der Waals surface area contributed by atoms with Crippen LogP contribution in [0.3, 0.4) is 0 Å². The lowest BCUT2D eigenvalue weighted by atomic mass is 10.2. The molecule has 2 aromatic rings. The molecule has 4 nitrogen and oxygen atoms in total. The number of aromatic nitrogens is 2. The first-order valence-corrected chi connectivity index (χ1v) is 6.67. The van der Waals surface area contributed by atoms with E-state index in [9.17, 15) is 13.2 Å². The maximum atomic E-state index is 12.7. The van der Waals surface area contributed by atoms with Crippen LogP contribution in [0.5, 0.6) is 11.6 Å². The van der Waals surface area contributed by atoms with Gasteiger partial charge in [-0.2, -0.15) is 18.2 Å². The molecule has 0 radical (unpaired) electrons. The number of anilines is 1. The predicted octanol–water partition coefficient (Wildman–Crippen LogP) is 4.40. The average molecular weight is 362 g/mol. The molecule has 0 saturated carbocycles. The molecule has 8 heteroatoms. The number of alkyl halides is 3. The predicted molar refractivity (Wildman–Crippen MR) is 75.5 cm³/mol. The molecule has 1 aromatic carbocycles. The van der Waals surface area contributed by atoms with Crippen molar-refractivity contribution in [1.29, 1.82) is 0 Å². The molecule has 0 amide bonds. The van der Waals surface area contributed by atoms with Crippen molar-refractivity contribution in [1.82, 2.24) is 9.97 Å². The van der Waals surface area contributed by atoms with E-state index in [0.717, 1.165) is 5.56 Å². The van der Waals surface area contributed by atoms with E-state index >= 15 is 0 Å². The van der Waals surface area contributed by atoms with Gasteiger partial charge in [-0.15, -0.1) is 0 Å². The highest BCUT2D eigenvalue weighted by Crippen LogP contribution is 2.33. The van der Waals surface area contributed by atoms with Gasteiger partial charge in [-0.05, 0) is 40.5 Å². The minimum Gasteiger partial charge on any atom is -0.438 e. The van der Waals surface area contributed by atoms with Gasteiger partial charge in [-0.1, -0.05) is 6.07 Å². The van der Waals surface area contributed by atoms with Gasteiger partial charge in [0.05, 0.1) is 4.47 Å². The zero-order chi connectivity index (χ0) is 15.6. The van der Waals surface area contributed by atoms with Gasteiger partial charge in [0, 0.05) is 13.1 Å². The molecule has 0 atom stereocenters. The number of halogens is 4. The first kappa shape index (κ1) is 15.6. The summed E-state index contributed by atoms with van der Waals surface area (Å²) in [6.07, 6.45) is -4.64. The van der Waals surface area contributed by atoms with Crippen molar-refractivity contribution >= 4 is 21.7 Å². The SMILES string of the molecule is CNc1cc(Oc2ccc(C)cc2Br)nc(C(F)(F)F)n1. The summed E-state index contributed by atoms with van der Waals surface area (Å²) in [4.78, 5) is 6.75. The van der Waals surface area contributed by atoms with Crippen molar-refractivity contribution in [2.45, 2.75) is 13.1 Å². The third-order valence-electron chi connectivity index (χ3n) is 2.51. The Hall–Kier alpha value is -1.83. The van der Waals surface area contributed by atoms with E-state index in [0.29, 0.717) is 10.2 Å². The van der Waals surface area contributed by atoms with E-state index in [1.165, 1.54) is 13.1 Å². The van der Waals surface area contributed by atoms with Crippen LogP contribution < -0.4 is 10.1 Å². The Morgan fingerprint density at radius 2 is 1.90 bits per heavy atom. The van der Waals surface area contributed by atoms with Crippen LogP contribution in [-0.4, -0.2) is 17.0 Å². The molecule has 0 spiro atoms. The number of ether oxygens (including phenoxy) is 1. The minimum atomic E-state index is -4.64. The Morgan fingerprint density at radius 1 is 1.19 bits per heavy atom. The Labute approximate surface area is 127 Å². The monoisotopic (exact) mass is 361 g/mol. The molecule has 1 N–H and O–H groups in total. The maximum Gasteiger partial charge on any atom is 0.451 e. The quantitative estimate of drug-likeness (QED) is 0.879. The molecule has 0 bridgehead atoms. The highest BCUT2D eigenvalue weighted by atomic mass is 79.9. The highest BCUT2D eigenvalue weighted by molar-refractivity contribution is 9.10. The van der Waals surface area contributed by atoms with Gasteiger partial charge < -0.3 is 10.1 Å². The molecule has 0 unspecified atom stereocenters. The second-order valence-electron chi connectivity index (χ2n) is 4.20. The number of benzene rings is 1. The molecule has 0 aliphatic heterocycles. The molecule has 0 fully saturated rings. The van der Waals surface area contributed by atoms with Crippen molar-refractivity contribution in [2.75, 3.05) is 12.4 Å². The van der Waals surface area contributed by atoms with E-state index in [1.54, 1.807) is 18.2 Å². The summed E-state index contributed by atoms with van der Waals surface area (Å²) in [5.41, 5.74) is 0.990. The first-order chi connectivity index (χ1) is 9.79. The first-order valence-electron chi connectivity index (χ1n) is 5.87. The fraction of sp³-hybridized carbons (Fsp3) is 0.231. The van der Waals surface area contributed by atoms with Gasteiger partial charge in [0.1, 0.15) is 11.6 Å². The summed E-state index contributed by atoms with van der Waals surface area (Å²) in [6, 6.07) is 6.51. The summed E-state index contributed by atoms with van der Waals surface area (Å²) in [7, 11) is 1.47. The van der Waals surface area contributed by atoms with E-state index < -0.39 is 12.0 Å². The van der Waals surface area contributed by atoms with Gasteiger partial charge in [-0.25, -0.2) is 4.98 Å². The summed E-state index contributed by atoms with van der Waals surface area (Å²) >= 11 is 3.29. The van der Waals surface area contributed by atoms with Gasteiger partial charge in [0.25, 0.3) is 0 Å². The lowest BCUT2D eigenvalue weighted by Gasteiger charge is -2.11. The highest BCUT2D eigenvalue weighted by Gasteiger charge is 2.35.